The molecule has 3 nitrogen and oxygen atoms in total. The van der Waals surface area contributed by atoms with E-state index in [4.69, 9.17) is 0 Å². The lowest BCUT2D eigenvalue weighted by Gasteiger charge is -2.25. The van der Waals surface area contributed by atoms with E-state index in [1.165, 1.54) is 11.1 Å². The van der Waals surface area contributed by atoms with Crippen LogP contribution in [-0.2, 0) is 18.6 Å². The monoisotopic (exact) mass is 272 g/mol. The fourth-order valence-electron chi connectivity index (χ4n) is 2.44. The zero-order valence-electron chi connectivity index (χ0n) is 12.8. The Kier molecular flexibility index (Phi) is 4.29. The Bertz CT molecular complexity index is 584. The van der Waals surface area contributed by atoms with Crippen LogP contribution < -0.4 is 0 Å². The van der Waals surface area contributed by atoms with Crippen LogP contribution in [0.1, 0.15) is 42.8 Å². The number of imidazole rings is 1. The lowest BCUT2D eigenvalue weighted by Crippen LogP contribution is -2.26. The number of aromatic nitrogens is 2. The van der Waals surface area contributed by atoms with Gasteiger partial charge in [0.25, 0.3) is 0 Å². The van der Waals surface area contributed by atoms with Crippen LogP contribution in [0.15, 0.2) is 30.6 Å². The van der Waals surface area contributed by atoms with E-state index < -0.39 is 5.60 Å². The molecule has 0 radical (unpaired) electrons. The van der Waals surface area contributed by atoms with E-state index in [-0.39, 0.29) is 0 Å². The molecule has 0 fully saturated rings. The summed E-state index contributed by atoms with van der Waals surface area (Å²) in [4.78, 5) is 4.39. The number of aliphatic hydroxyl groups is 1. The summed E-state index contributed by atoms with van der Waals surface area (Å²) in [5.74, 6) is 0.940. The van der Waals surface area contributed by atoms with Gasteiger partial charge in [-0.05, 0) is 43.9 Å². The summed E-state index contributed by atoms with van der Waals surface area (Å²) < 4.78 is 2.12. The Morgan fingerprint density at radius 1 is 1.25 bits per heavy atom. The van der Waals surface area contributed by atoms with Gasteiger partial charge in [-0.15, -0.1) is 0 Å². The second-order valence-electron chi connectivity index (χ2n) is 5.79. The maximum absolute atomic E-state index is 10.8. The van der Waals surface area contributed by atoms with Crippen LogP contribution in [0.4, 0.5) is 0 Å². The predicted molar refractivity (Wildman–Crippen MR) is 81.7 cm³/mol. The van der Waals surface area contributed by atoms with Crippen molar-refractivity contribution in [3.63, 3.8) is 0 Å². The van der Waals surface area contributed by atoms with Gasteiger partial charge in [-0.2, -0.15) is 0 Å². The molecule has 0 aliphatic carbocycles. The first-order valence-electron chi connectivity index (χ1n) is 7.24. The van der Waals surface area contributed by atoms with E-state index in [0.29, 0.717) is 6.42 Å². The Morgan fingerprint density at radius 3 is 2.65 bits per heavy atom. The highest BCUT2D eigenvalue weighted by Crippen LogP contribution is 2.26. The molecule has 3 heteroatoms. The first-order chi connectivity index (χ1) is 9.44. The third-order valence-corrected chi connectivity index (χ3v) is 3.90. The summed E-state index contributed by atoms with van der Waals surface area (Å²) >= 11 is 0. The molecular weight excluding hydrogens is 248 g/mol. The van der Waals surface area contributed by atoms with Crippen LogP contribution in [0.25, 0.3) is 0 Å². The molecule has 0 aliphatic rings. The van der Waals surface area contributed by atoms with Crippen molar-refractivity contribution in [1.82, 2.24) is 9.55 Å². The number of hydrogen-bond donors (Lipinski definition) is 1. The van der Waals surface area contributed by atoms with Gasteiger partial charge in [0.1, 0.15) is 5.82 Å². The van der Waals surface area contributed by atoms with Crippen molar-refractivity contribution in [2.45, 2.75) is 52.7 Å². The van der Waals surface area contributed by atoms with E-state index in [1.807, 2.05) is 25.4 Å². The molecule has 0 aliphatic heterocycles. The molecule has 0 saturated carbocycles. The van der Waals surface area contributed by atoms with Crippen molar-refractivity contribution in [3.8, 4) is 0 Å². The predicted octanol–water partition coefficient (Wildman–Crippen LogP) is 3.36. The maximum Gasteiger partial charge on any atom is 0.111 e. The number of rotatable bonds is 5. The summed E-state index contributed by atoms with van der Waals surface area (Å²) in [5.41, 5.74) is 2.51. The van der Waals surface area contributed by atoms with Gasteiger partial charge in [-0.1, -0.05) is 25.1 Å². The topological polar surface area (TPSA) is 38.0 Å². The average Bonchev–Trinajstić information content (AvgIpc) is 2.80. The van der Waals surface area contributed by atoms with Crippen molar-refractivity contribution < 1.29 is 5.11 Å². The third kappa shape index (κ3) is 3.10. The Morgan fingerprint density at radius 2 is 2.00 bits per heavy atom. The van der Waals surface area contributed by atoms with E-state index in [2.05, 4.69) is 42.5 Å². The van der Waals surface area contributed by atoms with E-state index in [1.54, 1.807) is 0 Å². The summed E-state index contributed by atoms with van der Waals surface area (Å²) in [6, 6.07) is 6.15. The highest BCUT2D eigenvalue weighted by Gasteiger charge is 2.26. The van der Waals surface area contributed by atoms with Crippen LogP contribution in [0, 0.1) is 13.8 Å². The lowest BCUT2D eigenvalue weighted by molar-refractivity contribution is 0.0544. The minimum absolute atomic E-state index is 0.530. The summed E-state index contributed by atoms with van der Waals surface area (Å²) in [7, 11) is 0. The van der Waals surface area contributed by atoms with Crippen molar-refractivity contribution in [2.75, 3.05) is 0 Å². The molecule has 1 unspecified atom stereocenters. The smallest absolute Gasteiger partial charge is 0.111 e. The van der Waals surface area contributed by atoms with Crippen LogP contribution in [0.2, 0.25) is 0 Å². The largest absolute Gasteiger partial charge is 0.385 e. The quantitative estimate of drug-likeness (QED) is 0.906. The van der Waals surface area contributed by atoms with Gasteiger partial charge in [0.2, 0.25) is 0 Å². The fraction of sp³-hybridized carbons (Fsp3) is 0.471. The van der Waals surface area contributed by atoms with Crippen molar-refractivity contribution in [3.05, 3.63) is 53.1 Å². The number of aryl methyl sites for hydroxylation is 3. The molecule has 2 rings (SSSR count). The average molecular weight is 272 g/mol. The van der Waals surface area contributed by atoms with Gasteiger partial charge in [0.05, 0.1) is 5.60 Å². The van der Waals surface area contributed by atoms with Gasteiger partial charge >= 0.3 is 0 Å². The number of hydrogen-bond acceptors (Lipinski definition) is 2. The molecule has 1 atom stereocenters. The van der Waals surface area contributed by atoms with Crippen LogP contribution in [-0.4, -0.2) is 14.7 Å². The van der Waals surface area contributed by atoms with Gasteiger partial charge in [0.15, 0.2) is 0 Å². The highest BCUT2D eigenvalue weighted by atomic mass is 16.3. The second kappa shape index (κ2) is 5.80. The SMILES string of the molecule is CCCn1ccnc1CC(C)(O)c1ccc(C)c(C)c1. The minimum atomic E-state index is -0.894. The lowest BCUT2D eigenvalue weighted by atomic mass is 9.90. The van der Waals surface area contributed by atoms with Gasteiger partial charge < -0.3 is 9.67 Å². The molecule has 20 heavy (non-hydrogen) atoms. The Hall–Kier alpha value is -1.61. The van der Waals surface area contributed by atoms with E-state index in [0.717, 1.165) is 24.4 Å². The van der Waals surface area contributed by atoms with Crippen molar-refractivity contribution in [1.29, 1.82) is 0 Å². The van der Waals surface area contributed by atoms with E-state index in [9.17, 15) is 5.11 Å². The van der Waals surface area contributed by atoms with Crippen molar-refractivity contribution >= 4 is 0 Å². The molecular formula is C17H24N2O. The molecule has 1 aromatic carbocycles. The van der Waals surface area contributed by atoms with Crippen LogP contribution in [0.3, 0.4) is 0 Å². The van der Waals surface area contributed by atoms with E-state index >= 15 is 0 Å². The molecule has 0 saturated heterocycles. The first kappa shape index (κ1) is 14.8. The molecule has 1 heterocycles. The molecule has 2 aromatic rings. The molecule has 0 bridgehead atoms. The zero-order chi connectivity index (χ0) is 14.8. The molecule has 1 aromatic heterocycles. The second-order valence-corrected chi connectivity index (χ2v) is 5.79. The number of nitrogens with zero attached hydrogens (tertiary/aromatic N) is 2. The molecule has 108 valence electrons. The normalized spacial score (nSPS) is 14.2. The fourth-order valence-corrected chi connectivity index (χ4v) is 2.44. The van der Waals surface area contributed by atoms with Crippen LogP contribution >= 0.6 is 0 Å². The molecule has 0 spiro atoms. The third-order valence-electron chi connectivity index (χ3n) is 3.90. The summed E-state index contributed by atoms with van der Waals surface area (Å²) in [6.45, 7) is 9.11. The molecule has 1 N–H and O–H groups in total. The maximum atomic E-state index is 10.8. The Balaban J connectivity index is 2.25. The Labute approximate surface area is 121 Å². The van der Waals surface area contributed by atoms with Crippen molar-refractivity contribution in [2.24, 2.45) is 0 Å². The first-order valence-corrected chi connectivity index (χ1v) is 7.24. The van der Waals surface area contributed by atoms with Gasteiger partial charge in [-0.3, -0.25) is 0 Å². The molecule has 0 amide bonds. The van der Waals surface area contributed by atoms with Gasteiger partial charge in [-0.25, -0.2) is 4.98 Å². The summed E-state index contributed by atoms with van der Waals surface area (Å²) in [5, 5.41) is 10.8. The van der Waals surface area contributed by atoms with Crippen LogP contribution in [0.5, 0.6) is 0 Å². The summed E-state index contributed by atoms with van der Waals surface area (Å²) in [6.07, 6.45) is 5.38. The standard InChI is InChI=1S/C17H24N2O/c1-5-9-19-10-8-18-16(19)12-17(4,20)15-7-6-13(2)14(3)11-15/h6-8,10-11,20H,5,9,12H2,1-4H3. The number of benzene rings is 1. The highest BCUT2D eigenvalue weighted by molar-refractivity contribution is 5.33. The minimum Gasteiger partial charge on any atom is -0.385 e. The zero-order valence-corrected chi connectivity index (χ0v) is 12.8. The van der Waals surface area contributed by atoms with Gasteiger partial charge in [0, 0.05) is 25.4 Å².